The van der Waals surface area contributed by atoms with E-state index in [9.17, 15) is 5.11 Å². The fourth-order valence-electron chi connectivity index (χ4n) is 3.66. The molecular formula is C24H43NO2. The van der Waals surface area contributed by atoms with Crippen LogP contribution in [0.25, 0.3) is 0 Å². The number of aryl methyl sites for hydroxylation is 2. The second kappa shape index (κ2) is 15.1. The lowest BCUT2D eigenvalue weighted by molar-refractivity contribution is 0.147. The van der Waals surface area contributed by atoms with Crippen LogP contribution >= 0.6 is 0 Å². The standard InChI is InChI=1S/C24H43NO2/c1-2-3-4-5-6-7-8-9-10-12-22-14-16-23(17-15-22)13-11-18-24(25,21-27)19-20-26/h14-17,26-27H,2-13,18-21,25H2,1H3. The van der Waals surface area contributed by atoms with Gasteiger partial charge in [0.2, 0.25) is 0 Å². The van der Waals surface area contributed by atoms with Gasteiger partial charge < -0.3 is 15.9 Å². The summed E-state index contributed by atoms with van der Waals surface area (Å²) in [5, 5.41) is 18.4. The number of rotatable bonds is 17. The van der Waals surface area contributed by atoms with Crippen molar-refractivity contribution >= 4 is 0 Å². The Morgan fingerprint density at radius 1 is 0.704 bits per heavy atom. The molecule has 1 aromatic carbocycles. The summed E-state index contributed by atoms with van der Waals surface area (Å²) in [5.74, 6) is 0. The summed E-state index contributed by atoms with van der Waals surface area (Å²) in [5.41, 5.74) is 8.24. The fraction of sp³-hybridized carbons (Fsp3) is 0.750. The van der Waals surface area contributed by atoms with E-state index in [2.05, 4.69) is 31.2 Å². The minimum Gasteiger partial charge on any atom is -0.396 e. The molecule has 0 amide bonds. The lowest BCUT2D eigenvalue weighted by atomic mass is 9.90. The van der Waals surface area contributed by atoms with Gasteiger partial charge in [0.15, 0.2) is 0 Å². The quantitative estimate of drug-likeness (QED) is 0.329. The molecule has 3 nitrogen and oxygen atoms in total. The molecule has 4 N–H and O–H groups in total. The van der Waals surface area contributed by atoms with Crippen molar-refractivity contribution in [2.24, 2.45) is 5.73 Å². The summed E-state index contributed by atoms with van der Waals surface area (Å²) in [4.78, 5) is 0. The summed E-state index contributed by atoms with van der Waals surface area (Å²) in [7, 11) is 0. The third kappa shape index (κ3) is 11.5. The zero-order valence-electron chi connectivity index (χ0n) is 17.6. The van der Waals surface area contributed by atoms with E-state index >= 15 is 0 Å². The van der Waals surface area contributed by atoms with Crippen LogP contribution in [-0.2, 0) is 12.8 Å². The van der Waals surface area contributed by atoms with Crippen LogP contribution in [-0.4, -0.2) is 29.0 Å². The Bertz CT molecular complexity index is 460. The molecule has 0 aliphatic carbocycles. The van der Waals surface area contributed by atoms with Crippen LogP contribution in [0.3, 0.4) is 0 Å². The minimum atomic E-state index is -0.634. The van der Waals surface area contributed by atoms with Crippen LogP contribution in [0.15, 0.2) is 24.3 Å². The van der Waals surface area contributed by atoms with E-state index in [-0.39, 0.29) is 13.2 Å². The SMILES string of the molecule is CCCCCCCCCCCc1ccc(CCCC(N)(CO)CCO)cc1. The Morgan fingerprint density at radius 3 is 1.67 bits per heavy atom. The van der Waals surface area contributed by atoms with E-state index < -0.39 is 5.54 Å². The molecule has 0 radical (unpaired) electrons. The van der Waals surface area contributed by atoms with E-state index in [0.717, 1.165) is 19.3 Å². The second-order valence-corrected chi connectivity index (χ2v) is 8.24. The molecule has 0 saturated heterocycles. The average Bonchev–Trinajstić information content (AvgIpc) is 2.68. The first-order valence-corrected chi connectivity index (χ1v) is 11.2. The number of benzene rings is 1. The Labute approximate surface area is 167 Å². The van der Waals surface area contributed by atoms with Crippen LogP contribution in [0, 0.1) is 0 Å². The summed E-state index contributed by atoms with van der Waals surface area (Å²) in [6.07, 6.45) is 16.7. The maximum absolute atomic E-state index is 9.40. The largest absolute Gasteiger partial charge is 0.396 e. The van der Waals surface area contributed by atoms with Gasteiger partial charge in [-0.15, -0.1) is 0 Å². The van der Waals surface area contributed by atoms with E-state index in [1.165, 1.54) is 75.3 Å². The zero-order chi connectivity index (χ0) is 19.8. The summed E-state index contributed by atoms with van der Waals surface area (Å²) < 4.78 is 0. The van der Waals surface area contributed by atoms with Crippen molar-refractivity contribution in [1.29, 1.82) is 0 Å². The van der Waals surface area contributed by atoms with Gasteiger partial charge in [-0.05, 0) is 49.7 Å². The molecule has 0 spiro atoms. The smallest absolute Gasteiger partial charge is 0.0612 e. The number of hydrogen-bond donors (Lipinski definition) is 3. The highest BCUT2D eigenvalue weighted by Gasteiger charge is 2.22. The molecule has 0 bridgehead atoms. The van der Waals surface area contributed by atoms with Gasteiger partial charge in [-0.2, -0.15) is 0 Å². The first-order valence-electron chi connectivity index (χ1n) is 11.2. The molecule has 0 aromatic heterocycles. The van der Waals surface area contributed by atoms with Crippen molar-refractivity contribution in [3.8, 4) is 0 Å². The molecule has 1 atom stereocenters. The van der Waals surface area contributed by atoms with Crippen molar-refractivity contribution in [2.45, 2.75) is 102 Å². The van der Waals surface area contributed by atoms with E-state index in [0.29, 0.717) is 6.42 Å². The van der Waals surface area contributed by atoms with Crippen molar-refractivity contribution in [3.63, 3.8) is 0 Å². The molecule has 0 heterocycles. The lowest BCUT2D eigenvalue weighted by Gasteiger charge is -2.26. The van der Waals surface area contributed by atoms with Crippen molar-refractivity contribution < 1.29 is 10.2 Å². The van der Waals surface area contributed by atoms with Gasteiger partial charge in [0, 0.05) is 12.1 Å². The van der Waals surface area contributed by atoms with Crippen molar-refractivity contribution in [1.82, 2.24) is 0 Å². The van der Waals surface area contributed by atoms with Crippen molar-refractivity contribution in [2.75, 3.05) is 13.2 Å². The Morgan fingerprint density at radius 2 is 1.19 bits per heavy atom. The average molecular weight is 378 g/mol. The molecule has 0 saturated carbocycles. The topological polar surface area (TPSA) is 66.5 Å². The highest BCUT2D eigenvalue weighted by Crippen LogP contribution is 2.17. The first-order chi connectivity index (χ1) is 13.1. The maximum atomic E-state index is 9.40. The number of aliphatic hydroxyl groups is 2. The summed E-state index contributed by atoms with van der Waals surface area (Å²) in [6.45, 7) is 2.24. The van der Waals surface area contributed by atoms with E-state index in [1.807, 2.05) is 0 Å². The molecule has 1 rings (SSSR count). The molecular weight excluding hydrogens is 334 g/mol. The normalized spacial score (nSPS) is 13.6. The van der Waals surface area contributed by atoms with Gasteiger partial charge in [0.1, 0.15) is 0 Å². The first kappa shape index (κ1) is 24.1. The molecule has 0 aliphatic rings. The summed E-state index contributed by atoms with van der Waals surface area (Å²) in [6, 6.07) is 8.98. The number of unbranched alkanes of at least 4 members (excludes halogenated alkanes) is 8. The predicted molar refractivity (Wildman–Crippen MR) is 116 cm³/mol. The maximum Gasteiger partial charge on any atom is 0.0612 e. The van der Waals surface area contributed by atoms with Crippen LogP contribution in [0.1, 0.15) is 95.1 Å². The molecule has 0 fully saturated rings. The van der Waals surface area contributed by atoms with Crippen molar-refractivity contribution in [3.05, 3.63) is 35.4 Å². The number of nitrogens with two attached hydrogens (primary N) is 1. The monoisotopic (exact) mass is 377 g/mol. The highest BCUT2D eigenvalue weighted by molar-refractivity contribution is 5.22. The van der Waals surface area contributed by atoms with Gasteiger partial charge in [0.05, 0.1) is 6.61 Å². The van der Waals surface area contributed by atoms with Gasteiger partial charge in [0.25, 0.3) is 0 Å². The molecule has 156 valence electrons. The summed E-state index contributed by atoms with van der Waals surface area (Å²) >= 11 is 0. The Balaban J connectivity index is 2.13. The van der Waals surface area contributed by atoms with Gasteiger partial charge in [-0.25, -0.2) is 0 Å². The number of aliphatic hydroxyl groups excluding tert-OH is 2. The Kier molecular flexibility index (Phi) is 13.5. The third-order valence-electron chi connectivity index (χ3n) is 5.66. The number of hydrogen-bond acceptors (Lipinski definition) is 3. The molecule has 27 heavy (non-hydrogen) atoms. The lowest BCUT2D eigenvalue weighted by Crippen LogP contribution is -2.44. The van der Waals surface area contributed by atoms with Crippen LogP contribution in [0.2, 0.25) is 0 Å². The van der Waals surface area contributed by atoms with Gasteiger partial charge in [-0.3, -0.25) is 0 Å². The Hall–Kier alpha value is -0.900. The van der Waals surface area contributed by atoms with E-state index in [4.69, 9.17) is 10.8 Å². The zero-order valence-corrected chi connectivity index (χ0v) is 17.6. The molecule has 1 unspecified atom stereocenters. The van der Waals surface area contributed by atoms with Crippen LogP contribution < -0.4 is 5.73 Å². The van der Waals surface area contributed by atoms with Crippen LogP contribution in [0.4, 0.5) is 0 Å². The second-order valence-electron chi connectivity index (χ2n) is 8.24. The predicted octanol–water partition coefficient (Wildman–Crippen LogP) is 5.15. The molecule has 3 heteroatoms. The third-order valence-corrected chi connectivity index (χ3v) is 5.66. The fourth-order valence-corrected chi connectivity index (χ4v) is 3.66. The molecule has 0 aliphatic heterocycles. The molecule has 1 aromatic rings. The van der Waals surface area contributed by atoms with Crippen LogP contribution in [0.5, 0.6) is 0 Å². The highest BCUT2D eigenvalue weighted by atomic mass is 16.3. The van der Waals surface area contributed by atoms with E-state index in [1.54, 1.807) is 0 Å². The van der Waals surface area contributed by atoms with Gasteiger partial charge in [-0.1, -0.05) is 82.6 Å². The minimum absolute atomic E-state index is 0.0324. The van der Waals surface area contributed by atoms with Gasteiger partial charge >= 0.3 is 0 Å².